The molecule has 0 atom stereocenters. The van der Waals surface area contributed by atoms with Gasteiger partial charge in [-0.2, -0.15) is 0 Å². The van der Waals surface area contributed by atoms with Crippen molar-refractivity contribution < 1.29 is 14.3 Å². The van der Waals surface area contributed by atoms with Gasteiger partial charge in [-0.25, -0.2) is 4.79 Å². The van der Waals surface area contributed by atoms with Crippen LogP contribution in [-0.4, -0.2) is 55.1 Å². The normalized spacial score (nSPS) is 15.0. The largest absolute Gasteiger partial charge is 0.453 e. The van der Waals surface area contributed by atoms with Gasteiger partial charge in [0.1, 0.15) is 0 Å². The third kappa shape index (κ3) is 3.74. The first-order valence-corrected chi connectivity index (χ1v) is 7.18. The summed E-state index contributed by atoms with van der Waals surface area (Å²) in [4.78, 5) is 27.2. The maximum atomic E-state index is 12.3. The average Bonchev–Trinajstić information content (AvgIpc) is 2.49. The molecule has 1 aromatic carbocycles. The van der Waals surface area contributed by atoms with Gasteiger partial charge in [0.25, 0.3) is 0 Å². The zero-order valence-corrected chi connectivity index (χ0v) is 12.9. The number of amides is 2. The van der Waals surface area contributed by atoms with Crippen molar-refractivity contribution in [3.8, 4) is 0 Å². The van der Waals surface area contributed by atoms with Gasteiger partial charge in [-0.15, -0.1) is 0 Å². The van der Waals surface area contributed by atoms with Crippen molar-refractivity contribution in [2.75, 3.05) is 33.3 Å². The number of rotatable bonds is 2. The van der Waals surface area contributed by atoms with E-state index in [-0.39, 0.29) is 12.0 Å². The van der Waals surface area contributed by atoms with E-state index < -0.39 is 0 Å². The average molecular weight is 290 g/mol. The number of hydrogen-bond donors (Lipinski definition) is 0. The first-order valence-electron chi connectivity index (χ1n) is 7.18. The van der Waals surface area contributed by atoms with E-state index >= 15 is 0 Å². The fraction of sp³-hybridized carbons (Fsp3) is 0.500. The molecule has 5 heteroatoms. The summed E-state index contributed by atoms with van der Waals surface area (Å²) in [5, 5.41) is 0. The number of carbonyl (C=O) groups is 2. The fourth-order valence-electron chi connectivity index (χ4n) is 2.59. The minimum absolute atomic E-state index is 0.117. The Morgan fingerprint density at radius 1 is 1.10 bits per heavy atom. The van der Waals surface area contributed by atoms with Gasteiger partial charge in [0.05, 0.1) is 13.5 Å². The van der Waals surface area contributed by atoms with Crippen molar-refractivity contribution in [1.29, 1.82) is 0 Å². The Labute approximate surface area is 125 Å². The summed E-state index contributed by atoms with van der Waals surface area (Å²) < 4.78 is 4.69. The fourth-order valence-corrected chi connectivity index (χ4v) is 2.59. The van der Waals surface area contributed by atoms with E-state index in [1.807, 2.05) is 30.9 Å². The Bertz CT molecular complexity index is 534. The number of nitrogens with zero attached hydrogens (tertiary/aromatic N) is 2. The lowest BCUT2D eigenvalue weighted by Crippen LogP contribution is -2.51. The molecule has 114 valence electrons. The van der Waals surface area contributed by atoms with E-state index in [4.69, 9.17) is 4.74 Å². The Morgan fingerprint density at radius 2 is 1.71 bits per heavy atom. The molecular formula is C16H22N2O3. The van der Waals surface area contributed by atoms with Gasteiger partial charge in [0.2, 0.25) is 5.91 Å². The highest BCUT2D eigenvalue weighted by atomic mass is 16.5. The zero-order chi connectivity index (χ0) is 15.4. The Kier molecular flexibility index (Phi) is 4.83. The van der Waals surface area contributed by atoms with Crippen LogP contribution in [-0.2, 0) is 16.0 Å². The van der Waals surface area contributed by atoms with E-state index in [9.17, 15) is 9.59 Å². The number of aryl methyl sites for hydroxylation is 2. The summed E-state index contributed by atoms with van der Waals surface area (Å²) in [5.74, 6) is 0.117. The minimum Gasteiger partial charge on any atom is -0.453 e. The molecule has 0 radical (unpaired) electrons. The smallest absolute Gasteiger partial charge is 0.409 e. The highest BCUT2D eigenvalue weighted by Gasteiger charge is 2.24. The molecule has 0 saturated carbocycles. The molecule has 0 spiro atoms. The second-order valence-electron chi connectivity index (χ2n) is 5.44. The monoisotopic (exact) mass is 290 g/mol. The van der Waals surface area contributed by atoms with Crippen LogP contribution in [0.1, 0.15) is 16.7 Å². The first kappa shape index (κ1) is 15.4. The second-order valence-corrected chi connectivity index (χ2v) is 5.44. The molecule has 0 aliphatic carbocycles. The standard InChI is InChI=1S/C16H22N2O3/c1-12-4-5-14(13(2)10-12)11-15(19)17-6-8-18(9-7-17)16(20)21-3/h4-5,10H,6-9,11H2,1-3H3. The number of methoxy groups -OCH3 is 1. The van der Waals surface area contributed by atoms with Crippen molar-refractivity contribution >= 4 is 12.0 Å². The SMILES string of the molecule is COC(=O)N1CCN(C(=O)Cc2ccc(C)cc2C)CC1. The number of ether oxygens (including phenoxy) is 1. The summed E-state index contributed by atoms with van der Waals surface area (Å²) >= 11 is 0. The first-order chi connectivity index (χ1) is 10.0. The predicted octanol–water partition coefficient (Wildman–Crippen LogP) is 1.76. The van der Waals surface area contributed by atoms with Crippen LogP contribution >= 0.6 is 0 Å². The van der Waals surface area contributed by atoms with Crippen molar-refractivity contribution in [2.24, 2.45) is 0 Å². The van der Waals surface area contributed by atoms with E-state index in [1.165, 1.54) is 12.7 Å². The van der Waals surface area contributed by atoms with Crippen LogP contribution in [0.2, 0.25) is 0 Å². The van der Waals surface area contributed by atoms with E-state index in [2.05, 4.69) is 6.07 Å². The summed E-state index contributed by atoms with van der Waals surface area (Å²) in [6.07, 6.45) is 0.0983. The summed E-state index contributed by atoms with van der Waals surface area (Å²) in [6.45, 7) is 6.28. The van der Waals surface area contributed by atoms with E-state index in [0.29, 0.717) is 32.6 Å². The van der Waals surface area contributed by atoms with Gasteiger partial charge in [-0.1, -0.05) is 23.8 Å². The van der Waals surface area contributed by atoms with Crippen LogP contribution < -0.4 is 0 Å². The lowest BCUT2D eigenvalue weighted by molar-refractivity contribution is -0.132. The molecule has 0 aromatic heterocycles. The summed E-state index contributed by atoms with van der Waals surface area (Å²) in [6, 6.07) is 6.15. The highest BCUT2D eigenvalue weighted by Crippen LogP contribution is 2.13. The molecule has 21 heavy (non-hydrogen) atoms. The molecule has 1 aromatic rings. The number of carbonyl (C=O) groups excluding carboxylic acids is 2. The Hall–Kier alpha value is -2.04. The van der Waals surface area contributed by atoms with Gasteiger partial charge in [0, 0.05) is 26.2 Å². The molecule has 2 amide bonds. The molecule has 0 unspecified atom stereocenters. The van der Waals surface area contributed by atoms with Crippen LogP contribution in [0, 0.1) is 13.8 Å². The molecule has 1 heterocycles. The molecule has 1 aliphatic rings. The van der Waals surface area contributed by atoms with Crippen molar-refractivity contribution in [2.45, 2.75) is 20.3 Å². The molecule has 1 fully saturated rings. The molecule has 2 rings (SSSR count). The highest BCUT2D eigenvalue weighted by molar-refractivity contribution is 5.79. The van der Waals surface area contributed by atoms with Crippen LogP contribution in [0.5, 0.6) is 0 Å². The van der Waals surface area contributed by atoms with Crippen molar-refractivity contribution in [3.63, 3.8) is 0 Å². The maximum absolute atomic E-state index is 12.3. The molecule has 0 bridgehead atoms. The van der Waals surface area contributed by atoms with E-state index in [1.54, 1.807) is 4.90 Å². The molecule has 1 aliphatic heterocycles. The number of benzene rings is 1. The van der Waals surface area contributed by atoms with Crippen LogP contribution in [0.25, 0.3) is 0 Å². The Morgan fingerprint density at radius 3 is 2.29 bits per heavy atom. The van der Waals surface area contributed by atoms with Gasteiger partial charge >= 0.3 is 6.09 Å². The lowest BCUT2D eigenvalue weighted by atomic mass is 10.0. The second kappa shape index (κ2) is 6.61. The van der Waals surface area contributed by atoms with E-state index in [0.717, 1.165) is 11.1 Å². The maximum Gasteiger partial charge on any atom is 0.409 e. The number of hydrogen-bond acceptors (Lipinski definition) is 3. The van der Waals surface area contributed by atoms with Gasteiger partial charge < -0.3 is 14.5 Å². The third-order valence-corrected chi connectivity index (χ3v) is 3.90. The molecular weight excluding hydrogens is 268 g/mol. The van der Waals surface area contributed by atoms with Crippen molar-refractivity contribution in [3.05, 3.63) is 34.9 Å². The van der Waals surface area contributed by atoms with Crippen LogP contribution in [0.3, 0.4) is 0 Å². The van der Waals surface area contributed by atoms with Crippen LogP contribution in [0.15, 0.2) is 18.2 Å². The minimum atomic E-state index is -0.323. The Balaban J connectivity index is 1.92. The molecule has 1 saturated heterocycles. The zero-order valence-electron chi connectivity index (χ0n) is 12.9. The molecule has 5 nitrogen and oxygen atoms in total. The summed E-state index contributed by atoms with van der Waals surface area (Å²) in [5.41, 5.74) is 3.42. The van der Waals surface area contributed by atoms with Crippen molar-refractivity contribution in [1.82, 2.24) is 9.80 Å². The van der Waals surface area contributed by atoms with Crippen LogP contribution in [0.4, 0.5) is 4.79 Å². The third-order valence-electron chi connectivity index (χ3n) is 3.90. The quantitative estimate of drug-likeness (QED) is 0.834. The summed E-state index contributed by atoms with van der Waals surface area (Å²) in [7, 11) is 1.38. The topological polar surface area (TPSA) is 49.9 Å². The van der Waals surface area contributed by atoms with Gasteiger partial charge in [0.15, 0.2) is 0 Å². The lowest BCUT2D eigenvalue weighted by Gasteiger charge is -2.34. The number of piperazine rings is 1. The molecule has 0 N–H and O–H groups in total. The predicted molar refractivity (Wildman–Crippen MR) is 80.2 cm³/mol. The van der Waals surface area contributed by atoms with Gasteiger partial charge in [-0.3, -0.25) is 4.79 Å². The van der Waals surface area contributed by atoms with Gasteiger partial charge in [-0.05, 0) is 25.0 Å².